The smallest absolute Gasteiger partial charge is 0.303 e. The van der Waals surface area contributed by atoms with E-state index in [1.54, 1.807) is 6.08 Å². The molecule has 0 spiro atoms. The van der Waals surface area contributed by atoms with E-state index >= 15 is 0 Å². The predicted molar refractivity (Wildman–Crippen MR) is 216 cm³/mol. The number of hydrogen-bond acceptors (Lipinski definition) is 15. The van der Waals surface area contributed by atoms with Gasteiger partial charge in [-0.3, -0.25) is 19.2 Å². The third-order valence-electron chi connectivity index (χ3n) is 9.72. The standard InChI is InChI=1S/C45H62O15/c1-7-9-10-11-12-19-25-51-44-42(54-27-35-22-17-14-18-23-35)40(50-24-8-2)38(53-26-34-20-15-13-16-21-34)36(59-44)29-55-45-43(58-33(6)49)41(57-32(5)48)39(56-31(4)47)37(60-45)28-52-30(3)46/h8,13-18,20-23,36-45H,2,7,9-12,19,24-29H2,1,3-6H3/t36-,37-,38-,39-,40+,41+,42+,43+,44-,45+/m1/s1. The topological polar surface area (TPSA) is 170 Å². The summed E-state index contributed by atoms with van der Waals surface area (Å²) in [6.45, 7) is 11.0. The molecule has 0 bridgehead atoms. The van der Waals surface area contributed by atoms with Gasteiger partial charge in [0, 0.05) is 34.3 Å². The van der Waals surface area contributed by atoms with E-state index < -0.39 is 91.9 Å². The van der Waals surface area contributed by atoms with Gasteiger partial charge in [-0.05, 0) is 17.5 Å². The Morgan fingerprint density at radius 2 is 1.07 bits per heavy atom. The van der Waals surface area contributed by atoms with Gasteiger partial charge in [0.25, 0.3) is 0 Å². The van der Waals surface area contributed by atoms with Crippen LogP contribution in [0.4, 0.5) is 0 Å². The lowest BCUT2D eigenvalue weighted by atomic mass is 9.97. The van der Waals surface area contributed by atoms with Crippen molar-refractivity contribution in [1.29, 1.82) is 0 Å². The lowest BCUT2D eigenvalue weighted by Gasteiger charge is -2.47. The van der Waals surface area contributed by atoms with Crippen molar-refractivity contribution in [2.24, 2.45) is 0 Å². The zero-order valence-electron chi connectivity index (χ0n) is 35.4. The van der Waals surface area contributed by atoms with Crippen LogP contribution in [-0.2, 0) is 84.5 Å². The zero-order chi connectivity index (χ0) is 43.3. The molecule has 15 heteroatoms. The third-order valence-corrected chi connectivity index (χ3v) is 9.72. The highest BCUT2D eigenvalue weighted by Gasteiger charge is 2.54. The normalized spacial score (nSPS) is 26.4. The van der Waals surface area contributed by atoms with Crippen LogP contribution in [0, 0.1) is 0 Å². The number of unbranched alkanes of at least 4 members (excludes halogenated alkanes) is 5. The van der Waals surface area contributed by atoms with Crippen LogP contribution in [0.1, 0.15) is 84.3 Å². The first-order valence-corrected chi connectivity index (χ1v) is 20.7. The van der Waals surface area contributed by atoms with Crippen molar-refractivity contribution in [2.75, 3.05) is 26.4 Å². The van der Waals surface area contributed by atoms with Crippen LogP contribution in [0.5, 0.6) is 0 Å². The summed E-state index contributed by atoms with van der Waals surface area (Å²) in [4.78, 5) is 49.1. The third kappa shape index (κ3) is 16.0. The molecule has 0 unspecified atom stereocenters. The first kappa shape index (κ1) is 48.4. The molecule has 332 valence electrons. The molecule has 2 aromatic rings. The molecule has 0 aliphatic carbocycles. The van der Waals surface area contributed by atoms with E-state index in [0.717, 1.165) is 64.0 Å². The Kier molecular flexibility index (Phi) is 21.1. The highest BCUT2D eigenvalue weighted by atomic mass is 16.8. The van der Waals surface area contributed by atoms with Gasteiger partial charge in [-0.15, -0.1) is 6.58 Å². The molecule has 2 aromatic carbocycles. The fourth-order valence-corrected chi connectivity index (χ4v) is 7.02. The Balaban J connectivity index is 1.70. The summed E-state index contributed by atoms with van der Waals surface area (Å²) in [7, 11) is 0. The highest BCUT2D eigenvalue weighted by Crippen LogP contribution is 2.34. The summed E-state index contributed by atoms with van der Waals surface area (Å²) in [6.07, 6.45) is -3.13. The van der Waals surface area contributed by atoms with Gasteiger partial charge in [-0.25, -0.2) is 0 Å². The summed E-state index contributed by atoms with van der Waals surface area (Å²) in [5, 5.41) is 0. The van der Waals surface area contributed by atoms with Gasteiger partial charge in [0.05, 0.1) is 26.4 Å². The first-order valence-electron chi connectivity index (χ1n) is 20.7. The van der Waals surface area contributed by atoms with Gasteiger partial charge in [0.2, 0.25) is 0 Å². The van der Waals surface area contributed by atoms with Gasteiger partial charge in [-0.2, -0.15) is 0 Å². The van der Waals surface area contributed by atoms with Crippen LogP contribution < -0.4 is 0 Å². The number of carbonyl (C=O) groups is 4. The summed E-state index contributed by atoms with van der Waals surface area (Å²) in [5.74, 6) is -2.91. The minimum atomic E-state index is -1.45. The van der Waals surface area contributed by atoms with Crippen molar-refractivity contribution in [1.82, 2.24) is 0 Å². The number of hydrogen-bond donors (Lipinski definition) is 0. The van der Waals surface area contributed by atoms with Crippen LogP contribution >= 0.6 is 0 Å². The molecule has 2 aliphatic heterocycles. The number of rotatable bonds is 25. The van der Waals surface area contributed by atoms with Gasteiger partial charge in [-0.1, -0.05) is 106 Å². The van der Waals surface area contributed by atoms with Crippen molar-refractivity contribution < 1.29 is 71.3 Å². The fraction of sp³-hybridized carbons (Fsp3) is 0.600. The van der Waals surface area contributed by atoms with Crippen LogP contribution in [0.25, 0.3) is 0 Å². The summed E-state index contributed by atoms with van der Waals surface area (Å²) >= 11 is 0. The second kappa shape index (κ2) is 26.2. The molecular weight excluding hydrogens is 780 g/mol. The van der Waals surface area contributed by atoms with Crippen LogP contribution in [0.3, 0.4) is 0 Å². The largest absolute Gasteiger partial charge is 0.463 e. The zero-order valence-corrected chi connectivity index (χ0v) is 35.4. The maximum absolute atomic E-state index is 12.5. The summed E-state index contributed by atoms with van der Waals surface area (Å²) < 4.78 is 67.6. The Morgan fingerprint density at radius 3 is 1.63 bits per heavy atom. The van der Waals surface area contributed by atoms with Gasteiger partial charge in [0.1, 0.15) is 37.1 Å². The highest BCUT2D eigenvalue weighted by molar-refractivity contribution is 5.68. The average molecular weight is 843 g/mol. The Morgan fingerprint density at radius 1 is 0.550 bits per heavy atom. The van der Waals surface area contributed by atoms with E-state index in [-0.39, 0.29) is 26.4 Å². The number of esters is 4. The van der Waals surface area contributed by atoms with Crippen LogP contribution in [0.15, 0.2) is 73.3 Å². The maximum atomic E-state index is 12.5. The molecule has 0 saturated carbocycles. The molecule has 0 N–H and O–H groups in total. The molecule has 2 fully saturated rings. The van der Waals surface area contributed by atoms with Crippen molar-refractivity contribution >= 4 is 23.9 Å². The SMILES string of the molecule is C=CCO[C@@H]1[C@H](OCc2ccccc2)[C@H](OCCCCCCCC)O[C@H](CO[C@H]2O[C@H](COC(C)=O)[C@@H](OC(C)=O)[C@H](OC(C)=O)[C@@H]2OC(C)=O)[C@H]1OCc1ccccc1. The monoisotopic (exact) mass is 842 g/mol. The molecule has 0 aromatic heterocycles. The average Bonchev–Trinajstić information content (AvgIpc) is 3.22. The molecule has 0 radical (unpaired) electrons. The number of benzene rings is 2. The van der Waals surface area contributed by atoms with Crippen LogP contribution in [-0.4, -0.2) is 112 Å². The van der Waals surface area contributed by atoms with Crippen molar-refractivity contribution in [3.8, 4) is 0 Å². The molecule has 10 atom stereocenters. The van der Waals surface area contributed by atoms with Crippen LogP contribution in [0.2, 0.25) is 0 Å². The molecule has 2 heterocycles. The Bertz CT molecular complexity index is 1590. The number of ether oxygens (including phenoxy) is 11. The molecular formula is C45H62O15. The molecule has 0 amide bonds. The van der Waals surface area contributed by atoms with E-state index in [0.29, 0.717) is 6.61 Å². The van der Waals surface area contributed by atoms with Crippen molar-refractivity contribution in [2.45, 2.75) is 148 Å². The van der Waals surface area contributed by atoms with E-state index in [1.807, 2.05) is 60.7 Å². The molecule has 60 heavy (non-hydrogen) atoms. The lowest BCUT2D eigenvalue weighted by molar-refractivity contribution is -0.344. The lowest BCUT2D eigenvalue weighted by Crippen LogP contribution is -2.64. The second-order valence-electron chi connectivity index (χ2n) is 14.7. The quantitative estimate of drug-likeness (QED) is 0.0499. The van der Waals surface area contributed by atoms with E-state index in [4.69, 9.17) is 52.1 Å². The molecule has 2 aliphatic rings. The van der Waals surface area contributed by atoms with Gasteiger partial charge in [0.15, 0.2) is 30.9 Å². The molecule has 4 rings (SSSR count). The van der Waals surface area contributed by atoms with Gasteiger partial charge >= 0.3 is 23.9 Å². The Hall–Kier alpha value is -4.22. The maximum Gasteiger partial charge on any atom is 0.303 e. The van der Waals surface area contributed by atoms with Crippen molar-refractivity contribution in [3.05, 3.63) is 84.4 Å². The predicted octanol–water partition coefficient (Wildman–Crippen LogP) is 5.93. The second-order valence-corrected chi connectivity index (χ2v) is 14.7. The minimum absolute atomic E-state index is 0.151. The molecule has 15 nitrogen and oxygen atoms in total. The minimum Gasteiger partial charge on any atom is -0.463 e. The number of carbonyl (C=O) groups excluding carboxylic acids is 4. The summed E-state index contributed by atoms with van der Waals surface area (Å²) in [6, 6.07) is 19.3. The van der Waals surface area contributed by atoms with Crippen molar-refractivity contribution in [3.63, 3.8) is 0 Å². The Labute approximate surface area is 353 Å². The van der Waals surface area contributed by atoms with E-state index in [1.165, 1.54) is 13.3 Å². The molecule has 2 saturated heterocycles. The van der Waals surface area contributed by atoms with E-state index in [2.05, 4.69) is 13.5 Å². The van der Waals surface area contributed by atoms with E-state index in [9.17, 15) is 19.2 Å². The van der Waals surface area contributed by atoms with Gasteiger partial charge < -0.3 is 52.1 Å². The first-order chi connectivity index (χ1) is 29.0. The fourth-order valence-electron chi connectivity index (χ4n) is 7.02. The summed E-state index contributed by atoms with van der Waals surface area (Å²) in [5.41, 5.74) is 1.83.